The summed E-state index contributed by atoms with van der Waals surface area (Å²) in [6, 6.07) is 47.7. The third-order valence-electron chi connectivity index (χ3n) is 24.7. The second-order valence-corrected chi connectivity index (χ2v) is 40.8. The predicted octanol–water partition coefficient (Wildman–Crippen LogP) is 15.8. The molecular weight excluding hydrogens is 1800 g/mol. The van der Waals surface area contributed by atoms with Crippen molar-refractivity contribution in [3.8, 4) is 0 Å². The summed E-state index contributed by atoms with van der Waals surface area (Å²) in [6.07, 6.45) is 31.1. The maximum absolute atomic E-state index is 11.9. The van der Waals surface area contributed by atoms with E-state index in [-0.39, 0.29) is 60.2 Å². The zero-order chi connectivity index (χ0) is 99.4. The molecule has 8 saturated heterocycles. The zero-order valence-corrected chi connectivity index (χ0v) is 85.5. The van der Waals surface area contributed by atoms with Crippen LogP contribution in [-0.2, 0) is 63.4 Å². The van der Waals surface area contributed by atoms with Gasteiger partial charge in [0.2, 0.25) is 0 Å². The van der Waals surface area contributed by atoms with Gasteiger partial charge in [-0.05, 0) is 253 Å². The van der Waals surface area contributed by atoms with Gasteiger partial charge in [0.15, 0.2) is 5.79 Å². The van der Waals surface area contributed by atoms with E-state index in [4.69, 9.17) is 81.7 Å². The molecule has 140 heavy (non-hydrogen) atoms. The standard InChI is InChI=1S/C17H21NO2.C16H20N2O2.C16H19NO2.C14H21NO4.C14H23NO2.C13H21NO2.C10H17NO3.C5H10ClNO2.C4H3O.Li/c1-2-4-14(5-3-1)11-20-13-16-10-18-8-6-17(16)15-7-9-19-12-15;1-2-4-14(5-3-1)11-20-13-16-10-17-7-8-18(16)15-6-9-19-12-15;1-2-4-13(5-3-1)11-19-16-10-17-8-6-15(16)14-7-9-18-12-14;1-13(2,3)19-12(16)15-7-5-14(17,6-8-15)11-4-9-18-10-11;1-14(2,3)17-10-12-8-15-6-4-13(12)11-5-7-16-9-11;1-13(2,3)16-12-8-14-6-4-11(12)10-5-7-15-9-10;1-10(2,3)14-9(13)11-6-4-8(12)5-7-11;6-7-3-1-5(8,9)2-4-7;1-2-4-5-3-1;/h1-5,7,9,12,16-18H,6,8,10-11,13H2;1-6,9,12,16-17H,7-8,10-11,13H2;1-5,7,9,12,15-17H,6,8,10-11H2;4,9-10,17H,5-8H2,1-3H3;5,7,9,12-13,15H,4,6,8,10H2,1-3H3;5,7,9,11-12,14H,4,6,8H2,1-3H3;4-7H2,1-3H3;8-9H,1-4H2;1,3-4H;/q;;;;;;;;-1;+1. The molecule has 9 unspecified atom stereocenters. The molecular formula is C109H155ClLiN9O20. The first-order valence-electron chi connectivity index (χ1n) is 49.3. The van der Waals surface area contributed by atoms with Gasteiger partial charge in [0, 0.05) is 140 Å². The number of nitrogens with zero attached hydrogens (tertiary/aromatic N) is 4. The second-order valence-electron chi connectivity index (χ2n) is 40.3. The number of rotatable bonds is 20. The van der Waals surface area contributed by atoms with Gasteiger partial charge in [-0.3, -0.25) is 4.79 Å². The normalized spacial score (nSPS) is 22.0. The first-order chi connectivity index (χ1) is 66.7. The van der Waals surface area contributed by atoms with E-state index in [0.717, 1.165) is 122 Å². The van der Waals surface area contributed by atoms with Gasteiger partial charge in [-0.25, -0.2) is 20.1 Å². The van der Waals surface area contributed by atoms with Crippen LogP contribution in [-0.4, -0.2) is 225 Å². The third-order valence-corrected chi connectivity index (χ3v) is 25.0. The summed E-state index contributed by atoms with van der Waals surface area (Å²) in [5.74, 6) is 1.83. The van der Waals surface area contributed by atoms with E-state index in [1.807, 2.05) is 115 Å². The Kier molecular flexibility index (Phi) is 48.5. The van der Waals surface area contributed by atoms with E-state index in [2.05, 4.69) is 156 Å². The van der Waals surface area contributed by atoms with E-state index in [1.165, 1.54) is 45.2 Å². The maximum Gasteiger partial charge on any atom is 1.00 e. The number of furan rings is 7. The molecule has 10 aromatic rings. The molecule has 8 N–H and O–H groups in total. The number of benzene rings is 3. The molecule has 18 rings (SSSR count). The van der Waals surface area contributed by atoms with Gasteiger partial charge in [-0.2, -0.15) is 6.07 Å². The van der Waals surface area contributed by atoms with Crippen LogP contribution in [0.4, 0.5) is 15.3 Å². The summed E-state index contributed by atoms with van der Waals surface area (Å²) < 4.78 is 77.5. The van der Waals surface area contributed by atoms with Gasteiger partial charge in [-0.15, -0.1) is 0 Å². The molecule has 29 nitrogen and oxygen atoms in total. The van der Waals surface area contributed by atoms with Crippen molar-refractivity contribution in [3.05, 3.63) is 272 Å². The topological polar surface area (TPSA) is 342 Å². The molecule has 0 bridgehead atoms. The van der Waals surface area contributed by atoms with Crippen LogP contribution in [0.1, 0.15) is 215 Å². The number of ether oxygens (including phenoxy) is 7. The Morgan fingerprint density at radius 3 is 1.29 bits per heavy atom. The Hall–Kier alpha value is -9.04. The number of halogens is 1. The minimum Gasteiger partial charge on any atom is -0.576 e. The van der Waals surface area contributed by atoms with Crippen molar-refractivity contribution in [3.63, 3.8) is 0 Å². The maximum atomic E-state index is 11.9. The largest absolute Gasteiger partial charge is 1.00 e. The molecule has 8 aliphatic rings. The minimum absolute atomic E-state index is 0. The van der Waals surface area contributed by atoms with E-state index < -0.39 is 22.6 Å². The number of piperidine rings is 7. The number of piperazine rings is 1. The molecule has 0 aliphatic carbocycles. The number of anilines is 1. The number of ketones is 1. The van der Waals surface area contributed by atoms with Crippen LogP contribution in [0.5, 0.6) is 0 Å². The van der Waals surface area contributed by atoms with Gasteiger partial charge in [0.25, 0.3) is 0 Å². The molecule has 0 radical (unpaired) electrons. The molecule has 8 aliphatic heterocycles. The molecule has 2 amide bonds. The van der Waals surface area contributed by atoms with Crippen LogP contribution >= 0.6 is 11.8 Å². The Balaban J connectivity index is 0.000000178. The first kappa shape index (κ1) is 115. The van der Waals surface area contributed by atoms with E-state index in [0.29, 0.717) is 146 Å². The summed E-state index contributed by atoms with van der Waals surface area (Å²) in [7, 11) is 0. The van der Waals surface area contributed by atoms with E-state index in [9.17, 15) is 19.5 Å². The number of amides is 2. The van der Waals surface area contributed by atoms with Crippen LogP contribution in [0, 0.1) is 17.9 Å². The van der Waals surface area contributed by atoms with Crippen molar-refractivity contribution in [2.24, 2.45) is 11.8 Å². The van der Waals surface area contributed by atoms with Crippen molar-refractivity contribution in [1.29, 1.82) is 0 Å². The third kappa shape index (κ3) is 42.5. The number of carbonyl (C=O) groups is 3. The summed E-state index contributed by atoms with van der Waals surface area (Å²) in [4.78, 5) is 39.9. The van der Waals surface area contributed by atoms with E-state index >= 15 is 0 Å². The van der Waals surface area contributed by atoms with Gasteiger partial charge in [0.05, 0.1) is 149 Å². The van der Waals surface area contributed by atoms with E-state index in [1.54, 1.807) is 82.7 Å². The van der Waals surface area contributed by atoms with Gasteiger partial charge in [-0.1, -0.05) is 97.3 Å². The monoisotopic (exact) mass is 1950 g/mol. The van der Waals surface area contributed by atoms with Crippen molar-refractivity contribution < 1.29 is 113 Å². The summed E-state index contributed by atoms with van der Waals surface area (Å²) in [5, 5.41) is 45.6. The van der Waals surface area contributed by atoms with Crippen LogP contribution in [0.15, 0.2) is 252 Å². The number of hydrogen-bond donors (Lipinski definition) is 8. The first-order valence-corrected chi connectivity index (χ1v) is 49.6. The average Bonchev–Trinajstić information content (AvgIpc) is 1.48. The SMILES string of the molecule is CC(C)(C)OC(=O)N1CCC(=O)CC1.CC(C)(C)OC(=O)N1CCC(O)(c2ccoc2)CC1.CC(C)(C)OC1CNCCC1c1ccoc1.CC(C)(C)OCC1CNCCC1c1ccoc1.OC1(O)CCN(Cl)CC1.[Li+].[c-]1ccoc1.c1ccc(COC2CNCCC2c2ccoc2)cc1.c1ccc(COCC2CNCCC2c2ccoc2)cc1.c1ccc(COCC2CNCCN2c2ccoc2)cc1. The van der Waals surface area contributed by atoms with Crippen molar-refractivity contribution >= 4 is 35.4 Å². The number of hydrogen-bond acceptors (Lipinski definition) is 27. The summed E-state index contributed by atoms with van der Waals surface area (Å²) >= 11 is 5.56. The molecule has 0 spiro atoms. The number of carbonyl (C=O) groups excluding carboxylic acids is 3. The average molecular weight is 1950 g/mol. The number of aliphatic hydroxyl groups is 3. The molecule has 9 atom stereocenters. The van der Waals surface area contributed by atoms with Gasteiger partial charge < -0.3 is 121 Å². The zero-order valence-electron chi connectivity index (χ0n) is 84.8. The Labute approximate surface area is 846 Å². The molecule has 8 fully saturated rings. The van der Waals surface area contributed by atoms with Crippen LogP contribution in [0.2, 0.25) is 0 Å². The molecule has 15 heterocycles. The minimum atomic E-state index is -1.47. The summed E-state index contributed by atoms with van der Waals surface area (Å²) in [6.45, 7) is 42.1. The fraction of sp³-hybridized carbons (Fsp3) is 0.550. The van der Waals surface area contributed by atoms with Crippen LogP contribution < -0.4 is 50.3 Å². The predicted molar refractivity (Wildman–Crippen MR) is 536 cm³/mol. The van der Waals surface area contributed by atoms with Crippen molar-refractivity contribution in [1.82, 2.24) is 40.8 Å². The Bertz CT molecular complexity index is 4700. The van der Waals surface area contributed by atoms with Crippen LogP contribution in [0.3, 0.4) is 0 Å². The number of Topliss-reactive ketones (excluding diaryl/α,β-unsaturated/α-hetero) is 1. The Morgan fingerprint density at radius 1 is 0.436 bits per heavy atom. The van der Waals surface area contributed by atoms with Gasteiger partial charge in [0.1, 0.15) is 23.2 Å². The fourth-order valence-electron chi connectivity index (χ4n) is 17.3. The van der Waals surface area contributed by atoms with Crippen molar-refractivity contribution in [2.75, 3.05) is 136 Å². The molecule has 7 aromatic heterocycles. The van der Waals surface area contributed by atoms with Crippen LogP contribution in [0.25, 0.3) is 0 Å². The van der Waals surface area contributed by atoms with Gasteiger partial charge >= 0.3 is 31.0 Å². The second kappa shape index (κ2) is 59.3. The van der Waals surface area contributed by atoms with Crippen molar-refractivity contribution in [2.45, 2.75) is 243 Å². The number of nitrogens with one attached hydrogen (secondary N) is 5. The molecule has 31 heteroatoms. The smallest absolute Gasteiger partial charge is 0.576 e. The molecule has 764 valence electrons. The molecule has 3 aromatic carbocycles. The molecule has 0 saturated carbocycles. The Morgan fingerprint density at radius 2 is 0.864 bits per heavy atom. The quantitative estimate of drug-likeness (QED) is 0.0152. The number of likely N-dealkylation sites (tertiary alicyclic amines) is 2. The summed E-state index contributed by atoms with van der Waals surface area (Å²) in [5.41, 5.74) is 8.71. The fourth-order valence-corrected chi connectivity index (χ4v) is 17.5.